The van der Waals surface area contributed by atoms with Crippen LogP contribution >= 0.6 is 0 Å². The Morgan fingerprint density at radius 2 is 2.22 bits per heavy atom. The van der Waals surface area contributed by atoms with Gasteiger partial charge in [0.05, 0.1) is 0 Å². The highest BCUT2D eigenvalue weighted by molar-refractivity contribution is 5.72. The normalized spacial score (nSPS) is 12.6. The molecule has 0 aliphatic heterocycles. The van der Waals surface area contributed by atoms with Crippen LogP contribution in [0.1, 0.15) is 24.8 Å². The van der Waals surface area contributed by atoms with E-state index in [1.807, 2.05) is 0 Å². The van der Waals surface area contributed by atoms with Crippen LogP contribution in [0.5, 0.6) is 0 Å². The first-order valence-electron chi connectivity index (χ1n) is 7.40. The standard InChI is InChI=1S/C16H20FN3O3/c1-10-6-7-12(9-13(10)17)15-18-14(23-19-15)5-4-8-20(3)11(2)16(21)22/h6-7,9,11H,4-5,8H2,1-3H3,(H,21,22). The summed E-state index contributed by atoms with van der Waals surface area (Å²) in [6.07, 6.45) is 1.23. The molecule has 7 heteroatoms. The van der Waals surface area contributed by atoms with E-state index in [1.165, 1.54) is 6.07 Å². The van der Waals surface area contributed by atoms with E-state index in [4.69, 9.17) is 9.63 Å². The lowest BCUT2D eigenvalue weighted by Crippen LogP contribution is -2.36. The number of nitrogens with zero attached hydrogens (tertiary/aromatic N) is 3. The molecule has 23 heavy (non-hydrogen) atoms. The highest BCUT2D eigenvalue weighted by atomic mass is 19.1. The lowest BCUT2D eigenvalue weighted by atomic mass is 10.1. The molecule has 1 aromatic heterocycles. The number of hydrogen-bond acceptors (Lipinski definition) is 5. The number of aliphatic carboxylic acids is 1. The third kappa shape index (κ3) is 4.35. The van der Waals surface area contributed by atoms with Gasteiger partial charge in [-0.25, -0.2) is 4.39 Å². The maximum atomic E-state index is 13.6. The Bertz CT molecular complexity index is 687. The van der Waals surface area contributed by atoms with Crippen LogP contribution in [-0.2, 0) is 11.2 Å². The minimum Gasteiger partial charge on any atom is -0.480 e. The van der Waals surface area contributed by atoms with Crippen molar-refractivity contribution < 1.29 is 18.8 Å². The summed E-state index contributed by atoms with van der Waals surface area (Å²) in [5.74, 6) is -0.351. The van der Waals surface area contributed by atoms with E-state index in [0.29, 0.717) is 42.2 Å². The first-order valence-corrected chi connectivity index (χ1v) is 7.40. The second-order valence-corrected chi connectivity index (χ2v) is 5.57. The van der Waals surface area contributed by atoms with Gasteiger partial charge in [0.25, 0.3) is 0 Å². The SMILES string of the molecule is Cc1ccc(-c2noc(CCCN(C)C(C)C(=O)O)n2)cc1F. The molecule has 1 N–H and O–H groups in total. The zero-order chi connectivity index (χ0) is 17.0. The van der Waals surface area contributed by atoms with Gasteiger partial charge in [-0.3, -0.25) is 9.69 Å². The Balaban J connectivity index is 1.92. The van der Waals surface area contributed by atoms with Crippen molar-refractivity contribution in [2.24, 2.45) is 0 Å². The summed E-state index contributed by atoms with van der Waals surface area (Å²) in [7, 11) is 1.76. The van der Waals surface area contributed by atoms with E-state index in [1.54, 1.807) is 37.9 Å². The van der Waals surface area contributed by atoms with Crippen LogP contribution in [0.2, 0.25) is 0 Å². The van der Waals surface area contributed by atoms with Crippen LogP contribution < -0.4 is 0 Å². The van der Waals surface area contributed by atoms with Crippen molar-refractivity contribution >= 4 is 5.97 Å². The summed E-state index contributed by atoms with van der Waals surface area (Å²) in [6, 6.07) is 4.26. The van der Waals surface area contributed by atoms with Crippen molar-refractivity contribution in [1.82, 2.24) is 15.0 Å². The van der Waals surface area contributed by atoms with Crippen molar-refractivity contribution in [3.63, 3.8) is 0 Å². The molecule has 0 aliphatic rings. The Hall–Kier alpha value is -2.28. The quantitative estimate of drug-likeness (QED) is 0.844. The molecule has 124 valence electrons. The maximum absolute atomic E-state index is 13.6. The smallest absolute Gasteiger partial charge is 0.320 e. The second-order valence-electron chi connectivity index (χ2n) is 5.57. The average Bonchev–Trinajstić information content (AvgIpc) is 2.97. The van der Waals surface area contributed by atoms with Crippen molar-refractivity contribution in [2.75, 3.05) is 13.6 Å². The Kier molecular flexibility index (Phi) is 5.44. The number of benzene rings is 1. The molecule has 2 aromatic rings. The van der Waals surface area contributed by atoms with Crippen LogP contribution in [0.4, 0.5) is 4.39 Å². The molecular weight excluding hydrogens is 301 g/mol. The number of aromatic nitrogens is 2. The molecule has 1 atom stereocenters. The van der Waals surface area contributed by atoms with Gasteiger partial charge < -0.3 is 9.63 Å². The molecule has 1 aromatic carbocycles. The second kappa shape index (κ2) is 7.32. The summed E-state index contributed by atoms with van der Waals surface area (Å²) < 4.78 is 18.7. The predicted octanol–water partition coefficient (Wildman–Crippen LogP) is 2.52. The maximum Gasteiger partial charge on any atom is 0.320 e. The van der Waals surface area contributed by atoms with Crippen molar-refractivity contribution in [2.45, 2.75) is 32.7 Å². The van der Waals surface area contributed by atoms with Gasteiger partial charge in [0.1, 0.15) is 11.9 Å². The molecule has 0 radical (unpaired) electrons. The molecule has 0 saturated carbocycles. The highest BCUT2D eigenvalue weighted by Crippen LogP contribution is 2.19. The van der Waals surface area contributed by atoms with E-state index in [0.717, 1.165) is 0 Å². The topological polar surface area (TPSA) is 79.5 Å². The van der Waals surface area contributed by atoms with Gasteiger partial charge in [-0.05, 0) is 45.5 Å². The van der Waals surface area contributed by atoms with Crippen LogP contribution in [0, 0.1) is 12.7 Å². The summed E-state index contributed by atoms with van der Waals surface area (Å²) in [5, 5.41) is 12.8. The molecule has 0 amide bonds. The molecule has 0 bridgehead atoms. The van der Waals surface area contributed by atoms with Crippen molar-refractivity contribution in [3.8, 4) is 11.4 Å². The van der Waals surface area contributed by atoms with Crippen LogP contribution in [-0.4, -0.2) is 45.8 Å². The largest absolute Gasteiger partial charge is 0.480 e. The predicted molar refractivity (Wildman–Crippen MR) is 82.5 cm³/mol. The summed E-state index contributed by atoms with van der Waals surface area (Å²) in [4.78, 5) is 16.9. The monoisotopic (exact) mass is 321 g/mol. The number of likely N-dealkylation sites (N-methyl/N-ethyl adjacent to an activating group) is 1. The van der Waals surface area contributed by atoms with Crippen LogP contribution in [0.3, 0.4) is 0 Å². The van der Waals surface area contributed by atoms with Gasteiger partial charge in [0.2, 0.25) is 11.7 Å². The van der Waals surface area contributed by atoms with E-state index < -0.39 is 12.0 Å². The molecule has 0 aliphatic carbocycles. The summed E-state index contributed by atoms with van der Waals surface area (Å²) in [5.41, 5.74) is 1.13. The molecule has 0 spiro atoms. The Morgan fingerprint density at radius 3 is 2.87 bits per heavy atom. The lowest BCUT2D eigenvalue weighted by molar-refractivity contribution is -0.142. The third-order valence-corrected chi connectivity index (χ3v) is 3.82. The summed E-state index contributed by atoms with van der Waals surface area (Å²) >= 11 is 0. The summed E-state index contributed by atoms with van der Waals surface area (Å²) in [6.45, 7) is 3.93. The Labute approximate surface area is 133 Å². The first-order chi connectivity index (χ1) is 10.9. The number of aryl methyl sites for hydroxylation is 2. The van der Waals surface area contributed by atoms with E-state index >= 15 is 0 Å². The first kappa shape index (κ1) is 17.1. The fourth-order valence-electron chi connectivity index (χ4n) is 2.07. The highest BCUT2D eigenvalue weighted by Gasteiger charge is 2.16. The molecular formula is C16H20FN3O3. The van der Waals surface area contributed by atoms with Crippen molar-refractivity contribution in [1.29, 1.82) is 0 Å². The zero-order valence-electron chi connectivity index (χ0n) is 13.4. The molecule has 2 rings (SSSR count). The minimum absolute atomic E-state index is 0.307. The molecule has 1 heterocycles. The number of carbonyl (C=O) groups is 1. The van der Waals surface area contributed by atoms with Gasteiger partial charge in [-0.15, -0.1) is 0 Å². The van der Waals surface area contributed by atoms with Crippen LogP contribution in [0.15, 0.2) is 22.7 Å². The molecule has 0 saturated heterocycles. The van der Waals surface area contributed by atoms with Crippen LogP contribution in [0.25, 0.3) is 11.4 Å². The Morgan fingerprint density at radius 1 is 1.48 bits per heavy atom. The lowest BCUT2D eigenvalue weighted by Gasteiger charge is -2.20. The molecule has 0 fully saturated rings. The zero-order valence-corrected chi connectivity index (χ0v) is 13.4. The molecule has 1 unspecified atom stereocenters. The average molecular weight is 321 g/mol. The number of rotatable bonds is 7. The van der Waals surface area contributed by atoms with Gasteiger partial charge >= 0.3 is 5.97 Å². The number of carboxylic acid groups (broad SMARTS) is 1. The van der Waals surface area contributed by atoms with E-state index in [2.05, 4.69) is 10.1 Å². The van der Waals surface area contributed by atoms with Gasteiger partial charge in [0, 0.05) is 12.0 Å². The number of carboxylic acids is 1. The van der Waals surface area contributed by atoms with E-state index in [9.17, 15) is 9.18 Å². The number of hydrogen-bond donors (Lipinski definition) is 1. The number of halogens is 1. The van der Waals surface area contributed by atoms with Gasteiger partial charge in [-0.1, -0.05) is 17.3 Å². The van der Waals surface area contributed by atoms with Crippen molar-refractivity contribution in [3.05, 3.63) is 35.5 Å². The fraction of sp³-hybridized carbons (Fsp3) is 0.438. The minimum atomic E-state index is -0.853. The fourth-order valence-corrected chi connectivity index (χ4v) is 2.07. The van der Waals surface area contributed by atoms with Gasteiger partial charge in [-0.2, -0.15) is 4.98 Å². The third-order valence-electron chi connectivity index (χ3n) is 3.82. The molecule has 6 nitrogen and oxygen atoms in total. The van der Waals surface area contributed by atoms with Gasteiger partial charge in [0.15, 0.2) is 0 Å². The van der Waals surface area contributed by atoms with E-state index in [-0.39, 0.29) is 5.82 Å².